The van der Waals surface area contributed by atoms with Crippen LogP contribution < -0.4 is 9.47 Å². The van der Waals surface area contributed by atoms with E-state index < -0.39 is 0 Å². The lowest BCUT2D eigenvalue weighted by atomic mass is 10.3. The maximum atomic E-state index is 5.92. The second-order valence-corrected chi connectivity index (χ2v) is 6.28. The molecule has 0 bridgehead atoms. The van der Waals surface area contributed by atoms with E-state index in [1.807, 2.05) is 96.4 Å². The summed E-state index contributed by atoms with van der Waals surface area (Å²) in [4.78, 5) is 5.70. The second-order valence-electron chi connectivity index (χ2n) is 5.30. The van der Waals surface area contributed by atoms with Crippen LogP contribution in [0.2, 0.25) is 0 Å². The molecule has 130 valence electrons. The minimum Gasteiger partial charge on any atom is -0.497 e. The molecule has 0 unspecified atom stereocenters. The molecule has 3 aromatic carbocycles. The zero-order chi connectivity index (χ0) is 18.0. The Labute approximate surface area is 158 Å². The summed E-state index contributed by atoms with van der Waals surface area (Å²) in [5.74, 6) is 2.13. The Hall–Kier alpha value is -2.98. The number of thioether (sulfide) groups is 1. The van der Waals surface area contributed by atoms with Gasteiger partial charge in [0, 0.05) is 11.0 Å². The average Bonchev–Trinajstić information content (AvgIpc) is 2.70. The van der Waals surface area contributed by atoms with Crippen LogP contribution in [0.4, 0.5) is 5.69 Å². The molecule has 0 heterocycles. The highest BCUT2D eigenvalue weighted by atomic mass is 32.2. The highest BCUT2D eigenvalue weighted by Crippen LogP contribution is 2.22. The van der Waals surface area contributed by atoms with Crippen LogP contribution >= 0.6 is 11.8 Å². The van der Waals surface area contributed by atoms with Gasteiger partial charge in [-0.05, 0) is 53.9 Å². The number of nitrogens with zero attached hydrogens (tertiary/aromatic N) is 1. The van der Waals surface area contributed by atoms with E-state index in [4.69, 9.17) is 9.47 Å². The molecule has 0 aliphatic rings. The van der Waals surface area contributed by atoms with Crippen LogP contribution in [-0.4, -0.2) is 13.0 Å². The number of aliphatic imine (C=N–C) groups is 1. The van der Waals surface area contributed by atoms with Gasteiger partial charge in [-0.3, -0.25) is 0 Å². The maximum absolute atomic E-state index is 5.92. The molecule has 0 saturated heterocycles. The van der Waals surface area contributed by atoms with Gasteiger partial charge in [0.05, 0.1) is 12.8 Å². The van der Waals surface area contributed by atoms with Crippen LogP contribution in [0.1, 0.15) is 0 Å². The van der Waals surface area contributed by atoms with Crippen molar-refractivity contribution in [3.8, 4) is 11.5 Å². The first-order chi connectivity index (χ1) is 12.8. The molecular weight excluding hydrogens is 342 g/mol. The molecular formula is C22H19NO2S. The van der Waals surface area contributed by atoms with Gasteiger partial charge in [0.25, 0.3) is 0 Å². The Bertz CT molecular complexity index is 860. The summed E-state index contributed by atoms with van der Waals surface area (Å²) < 4.78 is 11.1. The van der Waals surface area contributed by atoms with Crippen LogP contribution in [-0.2, 0) is 0 Å². The van der Waals surface area contributed by atoms with Crippen molar-refractivity contribution in [1.82, 2.24) is 0 Å². The van der Waals surface area contributed by atoms with Crippen molar-refractivity contribution in [2.24, 2.45) is 4.99 Å². The molecule has 0 radical (unpaired) electrons. The molecule has 3 aromatic rings. The van der Waals surface area contributed by atoms with Crippen LogP contribution in [0.3, 0.4) is 0 Å². The lowest BCUT2D eigenvalue weighted by Crippen LogP contribution is -2.04. The molecule has 0 fully saturated rings. The van der Waals surface area contributed by atoms with Gasteiger partial charge in [0.2, 0.25) is 5.90 Å². The summed E-state index contributed by atoms with van der Waals surface area (Å²) in [6.07, 6.45) is 1.87. The number of ether oxygens (including phenoxy) is 2. The van der Waals surface area contributed by atoms with E-state index in [-0.39, 0.29) is 0 Å². The standard InChI is InChI=1S/C22H19NO2S/c1-24-19-12-14-21(15-13-19)26-17-16-22(23-18-8-4-2-5-9-18)25-20-10-6-3-7-11-20/h2-17H,1H3. The molecule has 3 rings (SSSR count). The molecule has 4 heteroatoms. The molecule has 0 atom stereocenters. The lowest BCUT2D eigenvalue weighted by Gasteiger charge is -2.05. The maximum Gasteiger partial charge on any atom is 0.220 e. The molecule has 3 nitrogen and oxygen atoms in total. The zero-order valence-corrected chi connectivity index (χ0v) is 15.2. The predicted octanol–water partition coefficient (Wildman–Crippen LogP) is 6.11. The van der Waals surface area contributed by atoms with E-state index in [2.05, 4.69) is 4.99 Å². The minimum atomic E-state index is 0.531. The van der Waals surface area contributed by atoms with E-state index in [1.54, 1.807) is 18.9 Å². The fraction of sp³-hybridized carbons (Fsp3) is 0.0455. The fourth-order valence-corrected chi connectivity index (χ4v) is 2.79. The lowest BCUT2D eigenvalue weighted by molar-refractivity contribution is 0.414. The number of rotatable bonds is 6. The third-order valence-electron chi connectivity index (χ3n) is 3.44. The third-order valence-corrected chi connectivity index (χ3v) is 4.25. The SMILES string of the molecule is COc1ccc(SC=CC(=Nc2ccccc2)Oc2ccccc2)cc1. The Morgan fingerprint density at radius 2 is 1.46 bits per heavy atom. The Balaban J connectivity index is 1.75. The summed E-state index contributed by atoms with van der Waals surface area (Å²) >= 11 is 1.59. The van der Waals surface area contributed by atoms with Gasteiger partial charge in [-0.1, -0.05) is 48.2 Å². The van der Waals surface area contributed by atoms with Crippen molar-refractivity contribution in [1.29, 1.82) is 0 Å². The van der Waals surface area contributed by atoms with Gasteiger partial charge in [-0.15, -0.1) is 0 Å². The van der Waals surface area contributed by atoms with Gasteiger partial charge < -0.3 is 9.47 Å². The van der Waals surface area contributed by atoms with Crippen molar-refractivity contribution in [2.75, 3.05) is 7.11 Å². The molecule has 0 aromatic heterocycles. The summed E-state index contributed by atoms with van der Waals surface area (Å²) in [5.41, 5.74) is 0.845. The molecule has 0 N–H and O–H groups in total. The number of methoxy groups -OCH3 is 1. The number of hydrogen-bond acceptors (Lipinski definition) is 4. The van der Waals surface area contributed by atoms with E-state index in [1.165, 1.54) is 0 Å². The number of para-hydroxylation sites is 2. The van der Waals surface area contributed by atoms with Crippen LogP contribution in [0, 0.1) is 0 Å². The van der Waals surface area contributed by atoms with Crippen molar-refractivity contribution in [3.05, 3.63) is 96.4 Å². The van der Waals surface area contributed by atoms with Crippen molar-refractivity contribution in [2.45, 2.75) is 4.90 Å². The third kappa shape index (κ3) is 5.53. The van der Waals surface area contributed by atoms with E-state index in [0.29, 0.717) is 5.90 Å². The molecule has 0 aliphatic heterocycles. The van der Waals surface area contributed by atoms with Crippen molar-refractivity contribution >= 4 is 23.3 Å². The van der Waals surface area contributed by atoms with Gasteiger partial charge >= 0.3 is 0 Å². The van der Waals surface area contributed by atoms with Gasteiger partial charge in [0.15, 0.2) is 0 Å². The Morgan fingerprint density at radius 1 is 0.808 bits per heavy atom. The fourth-order valence-electron chi connectivity index (χ4n) is 2.16. The van der Waals surface area contributed by atoms with E-state index >= 15 is 0 Å². The summed E-state index contributed by atoms with van der Waals surface area (Å²) in [6.45, 7) is 0. The molecule has 0 saturated carbocycles. The summed E-state index contributed by atoms with van der Waals surface area (Å²) in [5, 5.41) is 1.96. The van der Waals surface area contributed by atoms with Crippen LogP contribution in [0.15, 0.2) is 106 Å². The predicted molar refractivity (Wildman–Crippen MR) is 109 cm³/mol. The molecule has 0 spiro atoms. The van der Waals surface area contributed by atoms with E-state index in [9.17, 15) is 0 Å². The minimum absolute atomic E-state index is 0.531. The van der Waals surface area contributed by atoms with E-state index in [0.717, 1.165) is 22.1 Å². The second kappa shape index (κ2) is 9.49. The smallest absolute Gasteiger partial charge is 0.220 e. The first-order valence-electron chi connectivity index (χ1n) is 8.17. The van der Waals surface area contributed by atoms with Crippen LogP contribution in [0.25, 0.3) is 0 Å². The Morgan fingerprint density at radius 3 is 2.12 bits per heavy atom. The first kappa shape index (κ1) is 17.8. The van der Waals surface area contributed by atoms with Crippen molar-refractivity contribution in [3.63, 3.8) is 0 Å². The molecule has 0 aliphatic carbocycles. The normalized spacial score (nSPS) is 11.5. The summed E-state index contributed by atoms with van der Waals surface area (Å²) in [6, 6.07) is 27.3. The highest BCUT2D eigenvalue weighted by Gasteiger charge is 2.00. The summed E-state index contributed by atoms with van der Waals surface area (Å²) in [7, 11) is 1.66. The quantitative estimate of drug-likeness (QED) is 0.301. The van der Waals surface area contributed by atoms with Gasteiger partial charge in [-0.2, -0.15) is 0 Å². The van der Waals surface area contributed by atoms with Crippen LogP contribution in [0.5, 0.6) is 11.5 Å². The largest absolute Gasteiger partial charge is 0.497 e. The number of hydrogen-bond donors (Lipinski definition) is 0. The highest BCUT2D eigenvalue weighted by molar-refractivity contribution is 8.02. The number of benzene rings is 3. The van der Waals surface area contributed by atoms with Gasteiger partial charge in [-0.25, -0.2) is 4.99 Å². The topological polar surface area (TPSA) is 30.8 Å². The molecule has 0 amide bonds. The van der Waals surface area contributed by atoms with Gasteiger partial charge in [0.1, 0.15) is 11.5 Å². The zero-order valence-electron chi connectivity index (χ0n) is 14.4. The van der Waals surface area contributed by atoms with Crippen molar-refractivity contribution < 1.29 is 9.47 Å². The molecule has 26 heavy (non-hydrogen) atoms. The first-order valence-corrected chi connectivity index (χ1v) is 9.05. The average molecular weight is 361 g/mol. The monoisotopic (exact) mass is 361 g/mol. The Kier molecular flexibility index (Phi) is 6.51.